The van der Waals surface area contributed by atoms with Crippen LogP contribution in [-0.4, -0.2) is 45.8 Å². The highest BCUT2D eigenvalue weighted by molar-refractivity contribution is 9.10. The lowest BCUT2D eigenvalue weighted by atomic mass is 10.2. The zero-order chi connectivity index (χ0) is 20.4. The average molecular weight is 456 g/mol. The quantitative estimate of drug-likeness (QED) is 0.443. The minimum absolute atomic E-state index is 0.0242. The topological polar surface area (TPSA) is 90.6 Å². The number of nitrogens with zero attached hydrogens (tertiary/aromatic N) is 4. The van der Waals surface area contributed by atoms with Gasteiger partial charge in [0.1, 0.15) is 12.3 Å². The van der Waals surface area contributed by atoms with E-state index in [0.717, 1.165) is 26.7 Å². The predicted molar refractivity (Wildman–Crippen MR) is 113 cm³/mol. The van der Waals surface area contributed by atoms with Gasteiger partial charge in [0.05, 0.1) is 19.2 Å². The van der Waals surface area contributed by atoms with Crippen LogP contribution < -0.4 is 10.1 Å². The van der Waals surface area contributed by atoms with Crippen molar-refractivity contribution in [3.05, 3.63) is 46.9 Å². The number of esters is 1. The summed E-state index contributed by atoms with van der Waals surface area (Å²) in [4.78, 5) is 21.2. The lowest BCUT2D eigenvalue weighted by Crippen LogP contribution is -2.19. The Morgan fingerprint density at radius 1 is 1.17 bits per heavy atom. The number of nitrogens with one attached hydrogen (secondary N) is 1. The van der Waals surface area contributed by atoms with Crippen molar-refractivity contribution in [1.29, 1.82) is 0 Å². The van der Waals surface area contributed by atoms with Crippen LogP contribution in [0.4, 0.5) is 5.95 Å². The van der Waals surface area contributed by atoms with Crippen molar-refractivity contribution in [2.75, 3.05) is 25.6 Å². The number of para-hydroxylation sites is 1. The van der Waals surface area contributed by atoms with Crippen LogP contribution in [0.2, 0.25) is 0 Å². The molecule has 0 radical (unpaired) electrons. The monoisotopic (exact) mass is 455 g/mol. The first-order valence-electron chi connectivity index (χ1n) is 8.99. The van der Waals surface area contributed by atoms with E-state index in [1.165, 1.54) is 0 Å². The first kappa shape index (κ1) is 19.1. The number of carbonyl (C=O) groups is 1. The summed E-state index contributed by atoms with van der Waals surface area (Å²) in [6.07, 6.45) is 0. The van der Waals surface area contributed by atoms with Crippen LogP contribution in [-0.2, 0) is 9.53 Å². The molecule has 0 aliphatic heterocycles. The Kier molecular flexibility index (Phi) is 5.30. The van der Waals surface area contributed by atoms with Crippen LogP contribution in [0.5, 0.6) is 5.75 Å². The molecule has 4 aromatic rings. The number of hydrogen-bond acceptors (Lipinski definition) is 7. The van der Waals surface area contributed by atoms with Crippen molar-refractivity contribution in [2.24, 2.45) is 0 Å². The molecule has 0 amide bonds. The normalized spacial score (nSPS) is 11.0. The molecule has 2 aromatic carbocycles. The maximum Gasteiger partial charge on any atom is 0.325 e. The molecule has 0 aliphatic carbocycles. The Morgan fingerprint density at radius 2 is 1.97 bits per heavy atom. The van der Waals surface area contributed by atoms with Crippen LogP contribution in [0, 0.1) is 0 Å². The summed E-state index contributed by atoms with van der Waals surface area (Å²) in [5.41, 5.74) is 2.20. The second-order valence-electron chi connectivity index (χ2n) is 6.13. The number of benzene rings is 2. The minimum Gasteiger partial charge on any atom is -0.497 e. The fourth-order valence-corrected chi connectivity index (χ4v) is 3.39. The fraction of sp³-hybridized carbons (Fsp3) is 0.200. The van der Waals surface area contributed by atoms with Crippen molar-refractivity contribution < 1.29 is 14.3 Å². The summed E-state index contributed by atoms with van der Waals surface area (Å²) in [6.45, 7) is 2.06. The van der Waals surface area contributed by atoms with E-state index in [1.54, 1.807) is 18.5 Å². The first-order chi connectivity index (χ1) is 14.1. The molecular formula is C20H18BrN5O3. The summed E-state index contributed by atoms with van der Waals surface area (Å²) >= 11 is 3.54. The number of methoxy groups -OCH3 is 1. The van der Waals surface area contributed by atoms with Gasteiger partial charge in [0.25, 0.3) is 0 Å². The summed E-state index contributed by atoms with van der Waals surface area (Å²) in [5.74, 6) is 1.33. The molecule has 0 bridgehead atoms. The number of halogens is 1. The third kappa shape index (κ3) is 3.73. The number of fused-ring (bicyclic) bond motifs is 3. The molecule has 0 spiro atoms. The highest BCUT2D eigenvalue weighted by atomic mass is 79.9. The number of rotatable bonds is 6. The van der Waals surface area contributed by atoms with E-state index in [0.29, 0.717) is 24.0 Å². The van der Waals surface area contributed by atoms with Crippen LogP contribution in [0.15, 0.2) is 46.9 Å². The molecule has 4 rings (SSSR count). The standard InChI is InChI=1S/C20H18BrN5O3/c1-3-29-16(27)11-22-20-23-17-14(5-4-6-15(17)21)19-24-18(25-26(19)20)12-7-9-13(28-2)10-8-12/h4-10H,3,11H2,1-2H3,(H,22,23). The molecule has 0 atom stereocenters. The Bertz CT molecular complexity index is 1190. The zero-order valence-electron chi connectivity index (χ0n) is 15.8. The Hall–Kier alpha value is -3.20. The number of ether oxygens (including phenoxy) is 2. The molecule has 2 heterocycles. The highest BCUT2D eigenvalue weighted by Crippen LogP contribution is 2.29. The molecule has 1 N–H and O–H groups in total. The molecule has 148 valence electrons. The van der Waals surface area contributed by atoms with Gasteiger partial charge in [-0.25, -0.2) is 9.97 Å². The van der Waals surface area contributed by atoms with Crippen molar-refractivity contribution in [2.45, 2.75) is 6.92 Å². The molecule has 0 fully saturated rings. The van der Waals surface area contributed by atoms with E-state index >= 15 is 0 Å². The predicted octanol–water partition coefficient (Wildman–Crippen LogP) is 3.69. The van der Waals surface area contributed by atoms with Crippen LogP contribution in [0.25, 0.3) is 27.9 Å². The summed E-state index contributed by atoms with van der Waals surface area (Å²) < 4.78 is 12.6. The van der Waals surface area contributed by atoms with Gasteiger partial charge in [-0.1, -0.05) is 6.07 Å². The van der Waals surface area contributed by atoms with Crippen LogP contribution in [0.1, 0.15) is 6.92 Å². The zero-order valence-corrected chi connectivity index (χ0v) is 17.4. The average Bonchev–Trinajstić information content (AvgIpc) is 3.19. The van der Waals surface area contributed by atoms with Gasteiger partial charge in [0.15, 0.2) is 11.5 Å². The third-order valence-corrected chi connectivity index (χ3v) is 4.94. The first-order valence-corrected chi connectivity index (χ1v) is 9.79. The molecule has 2 aromatic heterocycles. The van der Waals surface area contributed by atoms with Gasteiger partial charge in [0.2, 0.25) is 5.95 Å². The summed E-state index contributed by atoms with van der Waals surface area (Å²) in [5, 5.41) is 8.46. The Balaban J connectivity index is 1.84. The number of carbonyl (C=O) groups excluding carboxylic acids is 1. The molecular weight excluding hydrogens is 438 g/mol. The maximum atomic E-state index is 11.8. The highest BCUT2D eigenvalue weighted by Gasteiger charge is 2.16. The second kappa shape index (κ2) is 8.04. The van der Waals surface area contributed by atoms with Gasteiger partial charge in [-0.15, -0.1) is 5.10 Å². The number of anilines is 1. The van der Waals surface area contributed by atoms with Crippen molar-refractivity contribution in [3.63, 3.8) is 0 Å². The molecule has 0 aliphatic rings. The van der Waals surface area contributed by atoms with Crippen LogP contribution in [0.3, 0.4) is 0 Å². The van der Waals surface area contributed by atoms with Gasteiger partial charge in [-0.2, -0.15) is 4.52 Å². The molecule has 29 heavy (non-hydrogen) atoms. The second-order valence-corrected chi connectivity index (χ2v) is 6.98. The molecule has 8 nitrogen and oxygen atoms in total. The minimum atomic E-state index is -0.370. The largest absolute Gasteiger partial charge is 0.497 e. The summed E-state index contributed by atoms with van der Waals surface area (Å²) in [7, 11) is 1.62. The van der Waals surface area contributed by atoms with Crippen LogP contribution >= 0.6 is 15.9 Å². The maximum absolute atomic E-state index is 11.8. The SMILES string of the molecule is CCOC(=O)CNc1nc2c(Br)cccc2c2nc(-c3ccc(OC)cc3)nn12. The fourth-order valence-electron chi connectivity index (χ4n) is 2.94. The third-order valence-electron chi connectivity index (χ3n) is 4.30. The van der Waals surface area contributed by atoms with Gasteiger partial charge in [-0.05, 0) is 59.3 Å². The Morgan fingerprint density at radius 3 is 2.69 bits per heavy atom. The van der Waals surface area contributed by atoms with E-state index in [4.69, 9.17) is 14.5 Å². The smallest absolute Gasteiger partial charge is 0.325 e. The molecule has 9 heteroatoms. The van der Waals surface area contributed by atoms with Gasteiger partial charge in [-0.3, -0.25) is 4.79 Å². The van der Waals surface area contributed by atoms with Gasteiger partial charge < -0.3 is 14.8 Å². The van der Waals surface area contributed by atoms with E-state index in [2.05, 4.69) is 31.3 Å². The van der Waals surface area contributed by atoms with Gasteiger partial charge in [0, 0.05) is 15.4 Å². The number of hydrogen-bond donors (Lipinski definition) is 1. The Labute approximate surface area is 175 Å². The molecule has 0 saturated heterocycles. The van der Waals surface area contributed by atoms with E-state index in [9.17, 15) is 4.79 Å². The van der Waals surface area contributed by atoms with E-state index in [1.807, 2.05) is 42.5 Å². The van der Waals surface area contributed by atoms with Crippen molar-refractivity contribution in [1.82, 2.24) is 19.6 Å². The van der Waals surface area contributed by atoms with Crippen molar-refractivity contribution >= 4 is 44.4 Å². The van der Waals surface area contributed by atoms with Gasteiger partial charge >= 0.3 is 5.97 Å². The summed E-state index contributed by atoms with van der Waals surface area (Å²) in [6, 6.07) is 13.3. The molecule has 0 saturated carbocycles. The lowest BCUT2D eigenvalue weighted by molar-refractivity contribution is -0.140. The lowest BCUT2D eigenvalue weighted by Gasteiger charge is -2.09. The molecule has 0 unspecified atom stereocenters. The van der Waals surface area contributed by atoms with Crippen molar-refractivity contribution in [3.8, 4) is 17.1 Å². The van der Waals surface area contributed by atoms with E-state index in [-0.39, 0.29) is 12.5 Å². The number of aromatic nitrogens is 4. The van der Waals surface area contributed by atoms with E-state index < -0.39 is 0 Å².